The summed E-state index contributed by atoms with van der Waals surface area (Å²) in [6.45, 7) is 3.24. The average molecular weight is 500 g/mol. The predicted molar refractivity (Wildman–Crippen MR) is 120 cm³/mol. The molecule has 1 aromatic heterocycles. The first-order valence-corrected chi connectivity index (χ1v) is 12.4. The molecular weight excluding hydrogens is 476 g/mol. The Kier molecular flexibility index (Phi) is 6.32. The minimum Gasteiger partial charge on any atom is -0.375 e. The van der Waals surface area contributed by atoms with Crippen LogP contribution in [0.15, 0.2) is 17.0 Å². The number of nitrogens with zero attached hydrogens (tertiary/aromatic N) is 4. The Balaban J connectivity index is 0.00000324. The van der Waals surface area contributed by atoms with E-state index in [-0.39, 0.29) is 23.2 Å². The second-order valence-corrected chi connectivity index (χ2v) is 10.5. The van der Waals surface area contributed by atoms with Crippen LogP contribution in [0.2, 0.25) is 0 Å². The van der Waals surface area contributed by atoms with Crippen molar-refractivity contribution in [1.29, 1.82) is 10.7 Å². The van der Waals surface area contributed by atoms with Crippen molar-refractivity contribution < 1.29 is 23.4 Å². The van der Waals surface area contributed by atoms with Gasteiger partial charge in [0.1, 0.15) is 5.54 Å². The summed E-state index contributed by atoms with van der Waals surface area (Å²) in [5, 5.41) is 26.8. The molecule has 3 N–H and O–H groups in total. The number of anilines is 3. The molecule has 14 heteroatoms. The van der Waals surface area contributed by atoms with Crippen LogP contribution in [0.1, 0.15) is 38.2 Å². The van der Waals surface area contributed by atoms with Crippen molar-refractivity contribution in [2.75, 3.05) is 29.9 Å². The molecule has 0 amide bonds. The van der Waals surface area contributed by atoms with Crippen molar-refractivity contribution in [3.8, 4) is 6.07 Å². The van der Waals surface area contributed by atoms with Gasteiger partial charge in [-0.15, -0.1) is 10.2 Å². The number of nitriles is 1. The summed E-state index contributed by atoms with van der Waals surface area (Å²) in [6.07, 6.45) is -1.00. The lowest BCUT2D eigenvalue weighted by molar-refractivity contribution is 0.0532. The molecule has 2 fully saturated rings. The van der Waals surface area contributed by atoms with E-state index in [1.54, 1.807) is 0 Å². The Hall–Kier alpha value is -2.73. The molecule has 0 bridgehead atoms. The van der Waals surface area contributed by atoms with E-state index in [4.69, 9.17) is 10.1 Å². The van der Waals surface area contributed by atoms with Gasteiger partial charge >= 0.3 is 0 Å². The van der Waals surface area contributed by atoms with E-state index in [2.05, 4.69) is 20.2 Å². The topological polar surface area (TPSA) is 144 Å². The van der Waals surface area contributed by atoms with Crippen LogP contribution >= 0.6 is 11.3 Å². The first-order valence-electron chi connectivity index (χ1n) is 10.1. The number of rotatable bonds is 8. The molecular formula is C19H23F2N7O3S2. The van der Waals surface area contributed by atoms with Gasteiger partial charge in [-0.25, -0.2) is 17.2 Å². The maximum Gasteiger partial charge on any atom is 0.291 e. The zero-order valence-corrected chi connectivity index (χ0v) is 19.1. The minimum absolute atomic E-state index is 0. The largest absolute Gasteiger partial charge is 0.375 e. The van der Waals surface area contributed by atoms with Gasteiger partial charge in [-0.05, 0) is 31.9 Å². The lowest BCUT2D eigenvalue weighted by Gasteiger charge is -2.34. The summed E-state index contributed by atoms with van der Waals surface area (Å²) >= 11 is 0.634. The number of sulfonamides is 1. The summed E-state index contributed by atoms with van der Waals surface area (Å²) in [4.78, 5) is 1.78. The Morgan fingerprint density at radius 2 is 2.21 bits per heavy atom. The standard InChI is InChI=1S/C19H21F2N7O3S2.H2/c1-11-9-28(4-5-31-11)15-7-12(33(29,30)27-19(10-23)2-3-19)6-14(13(15)8-22)24-18-26-25-17(32-18)16(20)21;/h6-8,11,16,22,27H,2-5,9H2,1H3,(H,24,26);1H/t11-;/m1./s1. The summed E-state index contributed by atoms with van der Waals surface area (Å²) in [6, 6.07) is 4.74. The predicted octanol–water partition coefficient (Wildman–Crippen LogP) is 3.02. The zero-order chi connectivity index (χ0) is 23.8. The summed E-state index contributed by atoms with van der Waals surface area (Å²) < 4.78 is 60.2. The molecule has 1 saturated carbocycles. The Bertz CT molecular complexity index is 1210. The van der Waals surface area contributed by atoms with Crippen LogP contribution in [-0.4, -0.2) is 56.2 Å². The van der Waals surface area contributed by atoms with Gasteiger partial charge in [0, 0.05) is 32.0 Å². The maximum atomic E-state index is 13.1. The zero-order valence-electron chi connectivity index (χ0n) is 17.5. The Labute approximate surface area is 194 Å². The highest BCUT2D eigenvalue weighted by molar-refractivity contribution is 7.89. The third kappa shape index (κ3) is 4.96. The van der Waals surface area contributed by atoms with Crippen molar-refractivity contribution in [3.05, 3.63) is 22.7 Å². The van der Waals surface area contributed by atoms with Gasteiger partial charge in [-0.1, -0.05) is 11.3 Å². The van der Waals surface area contributed by atoms with Crippen LogP contribution in [0.5, 0.6) is 0 Å². The van der Waals surface area contributed by atoms with Crippen molar-refractivity contribution >= 4 is 44.1 Å². The highest BCUT2D eigenvalue weighted by atomic mass is 32.2. The van der Waals surface area contributed by atoms with E-state index in [1.807, 2.05) is 17.9 Å². The molecule has 33 heavy (non-hydrogen) atoms. The lowest BCUT2D eigenvalue weighted by Crippen LogP contribution is -2.42. The van der Waals surface area contributed by atoms with Crippen LogP contribution in [-0.2, 0) is 14.8 Å². The van der Waals surface area contributed by atoms with E-state index in [1.165, 1.54) is 12.1 Å². The van der Waals surface area contributed by atoms with E-state index in [9.17, 15) is 22.5 Å². The first-order chi connectivity index (χ1) is 15.7. The van der Waals surface area contributed by atoms with Gasteiger partial charge < -0.3 is 20.4 Å². The van der Waals surface area contributed by atoms with E-state index >= 15 is 0 Å². The molecule has 4 rings (SSSR count). The molecule has 1 aliphatic carbocycles. The molecule has 1 aromatic carbocycles. The van der Waals surface area contributed by atoms with Gasteiger partial charge in [0.05, 0.1) is 29.4 Å². The molecule has 2 aromatic rings. The smallest absolute Gasteiger partial charge is 0.291 e. The number of hydrogen-bond acceptors (Lipinski definition) is 10. The van der Waals surface area contributed by atoms with E-state index in [0.717, 1.165) is 6.21 Å². The maximum absolute atomic E-state index is 13.1. The van der Waals surface area contributed by atoms with Gasteiger partial charge in [-0.2, -0.15) is 9.98 Å². The fourth-order valence-electron chi connectivity index (χ4n) is 3.49. The first kappa shape index (κ1) is 23.4. The van der Waals surface area contributed by atoms with Crippen LogP contribution < -0.4 is 14.9 Å². The molecule has 2 heterocycles. The number of aromatic nitrogens is 2. The third-order valence-corrected chi connectivity index (χ3v) is 7.69. The fourth-order valence-corrected chi connectivity index (χ4v) is 5.52. The van der Waals surface area contributed by atoms with Gasteiger partial charge in [0.25, 0.3) is 6.43 Å². The van der Waals surface area contributed by atoms with Crippen LogP contribution in [0.3, 0.4) is 0 Å². The number of benzene rings is 1. The van der Waals surface area contributed by atoms with Gasteiger partial charge in [-0.3, -0.25) is 0 Å². The molecule has 178 valence electrons. The molecule has 1 aliphatic heterocycles. The quantitative estimate of drug-likeness (QED) is 0.470. The molecule has 0 radical (unpaired) electrons. The number of nitrogens with one attached hydrogen (secondary N) is 3. The molecule has 1 saturated heterocycles. The minimum atomic E-state index is -4.09. The number of morpholine rings is 1. The molecule has 0 spiro atoms. The normalized spacial score (nSPS) is 19.8. The second-order valence-electron chi connectivity index (χ2n) is 7.85. The van der Waals surface area contributed by atoms with Crippen molar-refractivity contribution in [2.24, 2.45) is 0 Å². The SMILES string of the molecule is C[C@@H]1CN(c2cc(S(=O)(=O)NC3(C#N)CC3)cc(Nc3nnc(C(F)F)s3)c2C=N)CCO1.[HH]. The average Bonchev–Trinajstić information content (AvgIpc) is 3.37. The van der Waals surface area contributed by atoms with Crippen molar-refractivity contribution in [2.45, 2.75) is 42.7 Å². The van der Waals surface area contributed by atoms with Crippen LogP contribution in [0, 0.1) is 16.7 Å². The highest BCUT2D eigenvalue weighted by Crippen LogP contribution is 2.38. The van der Waals surface area contributed by atoms with Gasteiger partial charge in [0.15, 0.2) is 5.01 Å². The van der Waals surface area contributed by atoms with Crippen LogP contribution in [0.4, 0.5) is 25.3 Å². The monoisotopic (exact) mass is 499 g/mol. The Morgan fingerprint density at radius 1 is 1.45 bits per heavy atom. The molecule has 10 nitrogen and oxygen atoms in total. The highest BCUT2D eigenvalue weighted by Gasteiger charge is 2.47. The lowest BCUT2D eigenvalue weighted by atomic mass is 10.1. The summed E-state index contributed by atoms with van der Waals surface area (Å²) in [5.41, 5.74) is -0.101. The number of alkyl halides is 2. The number of hydrogen-bond donors (Lipinski definition) is 3. The Morgan fingerprint density at radius 3 is 2.79 bits per heavy atom. The molecule has 1 atom stereocenters. The second kappa shape index (κ2) is 8.90. The van der Waals surface area contributed by atoms with Gasteiger partial charge in [0.2, 0.25) is 15.2 Å². The number of ether oxygens (including phenoxy) is 1. The third-order valence-electron chi connectivity index (χ3n) is 5.33. The molecule has 0 unspecified atom stereocenters. The van der Waals surface area contributed by atoms with Crippen LogP contribution in [0.25, 0.3) is 0 Å². The number of halogens is 2. The molecule has 2 aliphatic rings. The van der Waals surface area contributed by atoms with E-state index < -0.39 is 27.0 Å². The fraction of sp³-hybridized carbons (Fsp3) is 0.474. The van der Waals surface area contributed by atoms with Crippen molar-refractivity contribution in [3.63, 3.8) is 0 Å². The summed E-state index contributed by atoms with van der Waals surface area (Å²) in [5.74, 6) is 0. The summed E-state index contributed by atoms with van der Waals surface area (Å²) in [7, 11) is -4.09. The van der Waals surface area contributed by atoms with Crippen molar-refractivity contribution in [1.82, 2.24) is 14.9 Å². The van der Waals surface area contributed by atoms with E-state index in [0.29, 0.717) is 55.1 Å².